The zero-order chi connectivity index (χ0) is 14.7. The Morgan fingerprint density at radius 3 is 2.90 bits per heavy atom. The van der Waals surface area contributed by atoms with Gasteiger partial charge in [-0.3, -0.25) is 4.79 Å². The van der Waals surface area contributed by atoms with Crippen molar-refractivity contribution in [3.63, 3.8) is 0 Å². The van der Waals surface area contributed by atoms with Gasteiger partial charge < -0.3 is 10.4 Å². The molecule has 0 radical (unpaired) electrons. The fraction of sp³-hybridized carbons (Fsp3) is 0.533. The lowest BCUT2D eigenvalue weighted by atomic mass is 9.87. The number of hydrogen-bond acceptors (Lipinski definition) is 2. The van der Waals surface area contributed by atoms with Crippen LogP contribution in [0.25, 0.3) is 0 Å². The molecule has 0 aromatic heterocycles. The summed E-state index contributed by atoms with van der Waals surface area (Å²) in [6.07, 6.45) is 2.98. The van der Waals surface area contributed by atoms with Crippen molar-refractivity contribution < 1.29 is 18.7 Å². The van der Waals surface area contributed by atoms with Crippen molar-refractivity contribution in [1.82, 2.24) is 5.32 Å². The molecule has 20 heavy (non-hydrogen) atoms. The highest BCUT2D eigenvalue weighted by atomic mass is 19.1. The van der Waals surface area contributed by atoms with E-state index in [0.717, 1.165) is 12.5 Å². The molecule has 0 amide bonds. The molecule has 0 aliphatic heterocycles. The lowest BCUT2D eigenvalue weighted by Gasteiger charge is -2.28. The molecule has 0 saturated carbocycles. The van der Waals surface area contributed by atoms with Crippen LogP contribution in [0.5, 0.6) is 0 Å². The number of fused-ring (bicyclic) bond motifs is 1. The quantitative estimate of drug-likeness (QED) is 0.873. The smallest absolute Gasteiger partial charge is 0.320 e. The van der Waals surface area contributed by atoms with Crippen LogP contribution < -0.4 is 5.32 Å². The predicted molar refractivity (Wildman–Crippen MR) is 71.6 cm³/mol. The maximum Gasteiger partial charge on any atom is 0.320 e. The lowest BCUT2D eigenvalue weighted by Crippen LogP contribution is -2.45. The third kappa shape index (κ3) is 3.33. The highest BCUT2D eigenvalue weighted by Crippen LogP contribution is 2.25. The van der Waals surface area contributed by atoms with E-state index in [1.165, 1.54) is 6.07 Å². The van der Waals surface area contributed by atoms with Crippen LogP contribution in [0, 0.1) is 11.6 Å². The fourth-order valence-electron chi connectivity index (χ4n) is 2.80. The molecule has 0 bridgehead atoms. The van der Waals surface area contributed by atoms with Gasteiger partial charge in [0.15, 0.2) is 0 Å². The van der Waals surface area contributed by atoms with Gasteiger partial charge in [0.2, 0.25) is 0 Å². The van der Waals surface area contributed by atoms with E-state index in [9.17, 15) is 13.6 Å². The second kappa shape index (κ2) is 6.31. The highest BCUT2D eigenvalue weighted by Gasteiger charge is 2.26. The molecule has 2 rings (SSSR count). The van der Waals surface area contributed by atoms with Crippen molar-refractivity contribution in [3.05, 3.63) is 34.9 Å². The number of rotatable bonds is 5. The molecule has 2 N–H and O–H groups in total. The molecule has 0 fully saturated rings. The number of halogens is 2. The molecule has 1 aliphatic rings. The summed E-state index contributed by atoms with van der Waals surface area (Å²) in [6, 6.07) is 1.62. The summed E-state index contributed by atoms with van der Waals surface area (Å²) in [5, 5.41) is 12.2. The molecule has 0 heterocycles. The lowest BCUT2D eigenvalue weighted by molar-refractivity contribution is -0.139. The molecule has 110 valence electrons. The molecule has 1 unspecified atom stereocenters. The number of nitrogens with one attached hydrogen (secondary N) is 1. The van der Waals surface area contributed by atoms with Crippen LogP contribution in [0.4, 0.5) is 8.78 Å². The molecule has 1 aliphatic carbocycles. The van der Waals surface area contributed by atoms with Crippen LogP contribution in [0.3, 0.4) is 0 Å². The van der Waals surface area contributed by atoms with Crippen molar-refractivity contribution in [2.24, 2.45) is 0 Å². The summed E-state index contributed by atoms with van der Waals surface area (Å²) in [4.78, 5) is 11.1. The predicted octanol–water partition coefficient (Wildman–Crippen LogP) is 2.67. The standard InChI is InChI=1S/C15H19F2NO2/c1-2-3-14(15(19)20)18-11-4-5-12-9(7-11)6-10(16)8-13(12)17/h6,8,11,14,18H,2-5,7H2,1H3,(H,19,20)/t11-,14?/m0/s1. The summed E-state index contributed by atoms with van der Waals surface area (Å²) in [6.45, 7) is 1.93. The van der Waals surface area contributed by atoms with E-state index in [-0.39, 0.29) is 6.04 Å². The Bertz CT molecular complexity index is 505. The first-order chi connectivity index (χ1) is 9.51. The zero-order valence-corrected chi connectivity index (χ0v) is 11.5. The van der Waals surface area contributed by atoms with Crippen molar-refractivity contribution >= 4 is 5.97 Å². The minimum atomic E-state index is -0.872. The molecular formula is C15H19F2NO2. The maximum absolute atomic E-state index is 13.6. The number of aliphatic carboxylic acids is 1. The Kier molecular flexibility index (Phi) is 4.70. The van der Waals surface area contributed by atoms with Gasteiger partial charge in [-0.2, -0.15) is 0 Å². The minimum Gasteiger partial charge on any atom is -0.480 e. The van der Waals surface area contributed by atoms with Gasteiger partial charge in [0, 0.05) is 12.1 Å². The van der Waals surface area contributed by atoms with Gasteiger partial charge in [0.1, 0.15) is 17.7 Å². The largest absolute Gasteiger partial charge is 0.480 e. The Labute approximate surface area is 117 Å². The molecule has 2 atom stereocenters. The summed E-state index contributed by atoms with van der Waals surface area (Å²) in [5.74, 6) is -1.95. The molecular weight excluding hydrogens is 264 g/mol. The average molecular weight is 283 g/mol. The van der Waals surface area contributed by atoms with Crippen molar-refractivity contribution in [2.75, 3.05) is 0 Å². The molecule has 1 aromatic rings. The van der Waals surface area contributed by atoms with Crippen molar-refractivity contribution in [1.29, 1.82) is 0 Å². The molecule has 3 nitrogen and oxygen atoms in total. The van der Waals surface area contributed by atoms with Crippen molar-refractivity contribution in [2.45, 2.75) is 51.1 Å². The Morgan fingerprint density at radius 1 is 1.50 bits per heavy atom. The molecule has 0 saturated heterocycles. The molecule has 1 aromatic carbocycles. The van der Waals surface area contributed by atoms with Crippen LogP contribution in [-0.4, -0.2) is 23.2 Å². The summed E-state index contributed by atoms with van der Waals surface area (Å²) in [7, 11) is 0. The molecule has 5 heteroatoms. The monoisotopic (exact) mass is 283 g/mol. The van der Waals surface area contributed by atoms with E-state index in [1.807, 2.05) is 6.92 Å². The van der Waals surface area contributed by atoms with E-state index in [0.29, 0.717) is 36.8 Å². The van der Waals surface area contributed by atoms with E-state index in [1.54, 1.807) is 0 Å². The fourth-order valence-corrected chi connectivity index (χ4v) is 2.80. The second-order valence-corrected chi connectivity index (χ2v) is 5.31. The van der Waals surface area contributed by atoms with Gasteiger partial charge in [0.05, 0.1) is 0 Å². The first-order valence-corrected chi connectivity index (χ1v) is 6.97. The normalized spacial score (nSPS) is 19.4. The van der Waals surface area contributed by atoms with Crippen molar-refractivity contribution in [3.8, 4) is 0 Å². The topological polar surface area (TPSA) is 49.3 Å². The minimum absolute atomic E-state index is 0.0450. The van der Waals surface area contributed by atoms with Gasteiger partial charge in [-0.1, -0.05) is 13.3 Å². The van der Waals surface area contributed by atoms with Crippen LogP contribution in [-0.2, 0) is 17.6 Å². The number of hydrogen-bond donors (Lipinski definition) is 2. The van der Waals surface area contributed by atoms with Gasteiger partial charge in [-0.15, -0.1) is 0 Å². The van der Waals surface area contributed by atoms with E-state index in [2.05, 4.69) is 5.32 Å². The SMILES string of the molecule is CCCC(N[C@H]1CCc2c(F)cc(F)cc2C1)C(=O)O. The van der Waals surface area contributed by atoms with Gasteiger partial charge >= 0.3 is 5.97 Å². The Morgan fingerprint density at radius 2 is 2.25 bits per heavy atom. The molecule has 0 spiro atoms. The summed E-state index contributed by atoms with van der Waals surface area (Å²) >= 11 is 0. The number of carbonyl (C=O) groups is 1. The number of benzene rings is 1. The zero-order valence-electron chi connectivity index (χ0n) is 11.5. The van der Waals surface area contributed by atoms with Crippen LogP contribution in [0.15, 0.2) is 12.1 Å². The summed E-state index contributed by atoms with van der Waals surface area (Å²) < 4.78 is 26.9. The van der Waals surface area contributed by atoms with Crippen LogP contribution >= 0.6 is 0 Å². The van der Waals surface area contributed by atoms with E-state index >= 15 is 0 Å². The number of carboxylic acid groups (broad SMARTS) is 1. The van der Waals surface area contributed by atoms with Gasteiger partial charge in [0.25, 0.3) is 0 Å². The van der Waals surface area contributed by atoms with Gasteiger partial charge in [-0.25, -0.2) is 8.78 Å². The Hall–Kier alpha value is -1.49. The maximum atomic E-state index is 13.6. The highest BCUT2D eigenvalue weighted by molar-refractivity contribution is 5.73. The third-order valence-electron chi connectivity index (χ3n) is 3.77. The number of carboxylic acids is 1. The first kappa shape index (κ1) is 14.9. The van der Waals surface area contributed by atoms with Gasteiger partial charge in [-0.05, 0) is 42.9 Å². The first-order valence-electron chi connectivity index (χ1n) is 6.97. The van der Waals surface area contributed by atoms with E-state index in [4.69, 9.17) is 5.11 Å². The second-order valence-electron chi connectivity index (χ2n) is 5.31. The Balaban J connectivity index is 2.09. The van der Waals surface area contributed by atoms with Crippen LogP contribution in [0.1, 0.15) is 37.3 Å². The van der Waals surface area contributed by atoms with E-state index < -0.39 is 23.6 Å². The summed E-state index contributed by atoms with van der Waals surface area (Å²) in [5.41, 5.74) is 1.21. The third-order valence-corrected chi connectivity index (χ3v) is 3.77. The van der Waals surface area contributed by atoms with Crippen LogP contribution in [0.2, 0.25) is 0 Å². The average Bonchev–Trinajstić information content (AvgIpc) is 2.37.